The van der Waals surface area contributed by atoms with Gasteiger partial charge in [0.25, 0.3) is 0 Å². The molecule has 0 aliphatic carbocycles. The highest BCUT2D eigenvalue weighted by Gasteiger charge is 2.28. The summed E-state index contributed by atoms with van der Waals surface area (Å²) in [6.07, 6.45) is 8.31. The Balaban J connectivity index is 1.48. The Kier molecular flexibility index (Phi) is 5.40. The van der Waals surface area contributed by atoms with E-state index in [1.54, 1.807) is 0 Å². The van der Waals surface area contributed by atoms with Crippen molar-refractivity contribution in [3.63, 3.8) is 0 Å². The van der Waals surface area contributed by atoms with E-state index in [2.05, 4.69) is 22.0 Å². The van der Waals surface area contributed by atoms with Crippen LogP contribution in [0.25, 0.3) is 0 Å². The van der Waals surface area contributed by atoms with Crippen molar-refractivity contribution in [1.29, 1.82) is 0 Å². The molecule has 1 aromatic rings. The third-order valence-corrected chi connectivity index (χ3v) is 4.72. The SMILES string of the molecule is O=C(CN1CCCC1CCc1ccncc1)N1CCOCC1. The van der Waals surface area contributed by atoms with Gasteiger partial charge in [-0.05, 0) is 49.9 Å². The van der Waals surface area contributed by atoms with Crippen LogP contribution in [0.1, 0.15) is 24.8 Å². The lowest BCUT2D eigenvalue weighted by atomic mass is 10.0. The van der Waals surface area contributed by atoms with E-state index in [4.69, 9.17) is 4.74 Å². The van der Waals surface area contributed by atoms with Gasteiger partial charge in [-0.3, -0.25) is 14.7 Å². The highest BCUT2D eigenvalue weighted by Crippen LogP contribution is 2.21. The Morgan fingerprint density at radius 1 is 1.23 bits per heavy atom. The topological polar surface area (TPSA) is 45.7 Å². The van der Waals surface area contributed by atoms with Crippen LogP contribution in [0.2, 0.25) is 0 Å². The number of nitrogens with zero attached hydrogens (tertiary/aromatic N) is 3. The first-order chi connectivity index (χ1) is 10.8. The Morgan fingerprint density at radius 3 is 2.77 bits per heavy atom. The van der Waals surface area contributed by atoms with Gasteiger partial charge >= 0.3 is 0 Å². The van der Waals surface area contributed by atoms with Crippen LogP contribution in [0.3, 0.4) is 0 Å². The second-order valence-corrected chi connectivity index (χ2v) is 6.15. The average molecular weight is 303 g/mol. The fourth-order valence-corrected chi connectivity index (χ4v) is 3.40. The van der Waals surface area contributed by atoms with Crippen molar-refractivity contribution < 1.29 is 9.53 Å². The maximum Gasteiger partial charge on any atom is 0.236 e. The van der Waals surface area contributed by atoms with E-state index in [1.807, 2.05) is 17.3 Å². The predicted molar refractivity (Wildman–Crippen MR) is 84.6 cm³/mol. The zero-order valence-corrected chi connectivity index (χ0v) is 13.1. The summed E-state index contributed by atoms with van der Waals surface area (Å²) in [5.41, 5.74) is 1.33. The van der Waals surface area contributed by atoms with Crippen LogP contribution >= 0.6 is 0 Å². The lowest BCUT2D eigenvalue weighted by Gasteiger charge is -2.30. The number of aromatic nitrogens is 1. The first kappa shape index (κ1) is 15.4. The maximum absolute atomic E-state index is 12.4. The molecule has 0 radical (unpaired) electrons. The third-order valence-electron chi connectivity index (χ3n) is 4.72. The van der Waals surface area contributed by atoms with Gasteiger partial charge in [0.15, 0.2) is 0 Å². The molecule has 0 saturated carbocycles. The van der Waals surface area contributed by atoms with E-state index in [0.717, 1.165) is 32.5 Å². The van der Waals surface area contributed by atoms with Crippen LogP contribution in [-0.4, -0.2) is 66.1 Å². The standard InChI is InChI=1S/C17H25N3O2/c21-17(19-10-12-22-13-11-19)14-20-9-1-2-16(20)4-3-15-5-7-18-8-6-15/h5-8,16H,1-4,9-14H2. The summed E-state index contributed by atoms with van der Waals surface area (Å²) in [5, 5.41) is 0. The molecular formula is C17H25N3O2. The van der Waals surface area contributed by atoms with Crippen LogP contribution in [0.4, 0.5) is 0 Å². The number of ether oxygens (including phenoxy) is 1. The summed E-state index contributed by atoms with van der Waals surface area (Å²) in [6.45, 7) is 4.47. The molecule has 5 heteroatoms. The molecule has 2 aliphatic heterocycles. The molecule has 0 N–H and O–H groups in total. The van der Waals surface area contributed by atoms with Crippen molar-refractivity contribution >= 4 is 5.91 Å². The Hall–Kier alpha value is -1.46. The maximum atomic E-state index is 12.4. The number of carbonyl (C=O) groups is 1. The normalized spacial score (nSPS) is 22.9. The monoisotopic (exact) mass is 303 g/mol. The first-order valence-electron chi connectivity index (χ1n) is 8.31. The molecule has 3 rings (SSSR count). The second kappa shape index (κ2) is 7.70. The van der Waals surface area contributed by atoms with E-state index in [1.165, 1.54) is 18.4 Å². The van der Waals surface area contributed by atoms with Gasteiger partial charge in [0.05, 0.1) is 19.8 Å². The van der Waals surface area contributed by atoms with Crippen LogP contribution in [0.5, 0.6) is 0 Å². The van der Waals surface area contributed by atoms with Crippen molar-refractivity contribution in [3.8, 4) is 0 Å². The van der Waals surface area contributed by atoms with Gasteiger partial charge in [0.2, 0.25) is 5.91 Å². The summed E-state index contributed by atoms with van der Waals surface area (Å²) >= 11 is 0. The lowest BCUT2D eigenvalue weighted by Crippen LogP contribution is -2.46. The molecule has 0 spiro atoms. The van der Waals surface area contributed by atoms with Gasteiger partial charge in [-0.25, -0.2) is 0 Å². The van der Waals surface area contributed by atoms with Gasteiger partial charge in [-0.1, -0.05) is 0 Å². The minimum absolute atomic E-state index is 0.263. The van der Waals surface area contributed by atoms with Crippen molar-refractivity contribution in [2.45, 2.75) is 31.7 Å². The highest BCUT2D eigenvalue weighted by atomic mass is 16.5. The molecule has 2 aliphatic rings. The fraction of sp³-hybridized carbons (Fsp3) is 0.647. The van der Waals surface area contributed by atoms with E-state index in [9.17, 15) is 4.79 Å². The fourth-order valence-electron chi connectivity index (χ4n) is 3.40. The third kappa shape index (κ3) is 4.05. The number of morpholine rings is 1. The number of hydrogen-bond acceptors (Lipinski definition) is 4. The van der Waals surface area contributed by atoms with Crippen LogP contribution < -0.4 is 0 Å². The van der Waals surface area contributed by atoms with Crippen molar-refractivity contribution in [2.24, 2.45) is 0 Å². The Bertz CT molecular complexity index is 474. The summed E-state index contributed by atoms with van der Waals surface area (Å²) in [6, 6.07) is 4.70. The highest BCUT2D eigenvalue weighted by molar-refractivity contribution is 5.78. The number of pyridine rings is 1. The molecule has 120 valence electrons. The number of rotatable bonds is 5. The van der Waals surface area contributed by atoms with Gasteiger partial charge in [-0.15, -0.1) is 0 Å². The smallest absolute Gasteiger partial charge is 0.236 e. The van der Waals surface area contributed by atoms with Gasteiger partial charge in [0.1, 0.15) is 0 Å². The minimum atomic E-state index is 0.263. The lowest BCUT2D eigenvalue weighted by molar-refractivity contribution is -0.136. The molecule has 1 unspecified atom stereocenters. The summed E-state index contributed by atoms with van der Waals surface area (Å²) in [5.74, 6) is 0.263. The number of amides is 1. The van der Waals surface area contributed by atoms with Gasteiger partial charge < -0.3 is 9.64 Å². The minimum Gasteiger partial charge on any atom is -0.378 e. The van der Waals surface area contributed by atoms with Crippen molar-refractivity contribution in [3.05, 3.63) is 30.1 Å². The van der Waals surface area contributed by atoms with Gasteiger partial charge in [0, 0.05) is 31.5 Å². The molecule has 1 amide bonds. The first-order valence-corrected chi connectivity index (χ1v) is 8.31. The summed E-state index contributed by atoms with van der Waals surface area (Å²) in [4.78, 5) is 20.8. The Morgan fingerprint density at radius 2 is 2.00 bits per heavy atom. The molecule has 1 atom stereocenters. The van der Waals surface area contributed by atoms with Crippen LogP contribution in [0.15, 0.2) is 24.5 Å². The predicted octanol–water partition coefficient (Wildman–Crippen LogP) is 1.34. The van der Waals surface area contributed by atoms with Crippen LogP contribution in [0, 0.1) is 0 Å². The molecule has 2 saturated heterocycles. The van der Waals surface area contributed by atoms with E-state index in [-0.39, 0.29) is 5.91 Å². The molecule has 22 heavy (non-hydrogen) atoms. The van der Waals surface area contributed by atoms with E-state index in [0.29, 0.717) is 25.8 Å². The molecular weight excluding hydrogens is 278 g/mol. The second-order valence-electron chi connectivity index (χ2n) is 6.15. The summed E-state index contributed by atoms with van der Waals surface area (Å²) < 4.78 is 5.32. The molecule has 5 nitrogen and oxygen atoms in total. The average Bonchev–Trinajstić information content (AvgIpc) is 3.02. The largest absolute Gasteiger partial charge is 0.378 e. The summed E-state index contributed by atoms with van der Waals surface area (Å²) in [7, 11) is 0. The zero-order chi connectivity index (χ0) is 15.2. The molecule has 0 aromatic carbocycles. The molecule has 3 heterocycles. The molecule has 1 aromatic heterocycles. The zero-order valence-electron chi connectivity index (χ0n) is 13.1. The number of carbonyl (C=O) groups excluding carboxylic acids is 1. The number of likely N-dealkylation sites (tertiary alicyclic amines) is 1. The van der Waals surface area contributed by atoms with Crippen molar-refractivity contribution in [1.82, 2.24) is 14.8 Å². The van der Waals surface area contributed by atoms with Crippen molar-refractivity contribution in [2.75, 3.05) is 39.4 Å². The van der Waals surface area contributed by atoms with Gasteiger partial charge in [-0.2, -0.15) is 0 Å². The molecule has 2 fully saturated rings. The molecule has 0 bridgehead atoms. The quantitative estimate of drug-likeness (QED) is 0.823. The van der Waals surface area contributed by atoms with E-state index < -0.39 is 0 Å². The van der Waals surface area contributed by atoms with Crippen LogP contribution in [-0.2, 0) is 16.0 Å². The Labute approximate surface area is 132 Å². The van der Waals surface area contributed by atoms with E-state index >= 15 is 0 Å². The number of hydrogen-bond donors (Lipinski definition) is 0. The number of aryl methyl sites for hydroxylation is 1.